The molecule has 0 spiro atoms. The van der Waals surface area contributed by atoms with E-state index in [4.69, 9.17) is 29.0 Å². The maximum atomic E-state index is 12.2. The molecule has 0 aromatic heterocycles. The van der Waals surface area contributed by atoms with Crippen molar-refractivity contribution in [1.29, 1.82) is 0 Å². The summed E-state index contributed by atoms with van der Waals surface area (Å²) >= 11 is 0. The maximum Gasteiger partial charge on any atom is 0.376 e. The molecule has 28 heavy (non-hydrogen) atoms. The summed E-state index contributed by atoms with van der Waals surface area (Å²) in [6.45, 7) is 3.47. The second-order valence-corrected chi connectivity index (χ2v) is 5.95. The van der Waals surface area contributed by atoms with Crippen LogP contribution in [0.15, 0.2) is 48.5 Å². The fourth-order valence-corrected chi connectivity index (χ4v) is 2.14. The van der Waals surface area contributed by atoms with E-state index in [1.807, 2.05) is 0 Å². The summed E-state index contributed by atoms with van der Waals surface area (Å²) in [5, 5.41) is 0. The van der Waals surface area contributed by atoms with E-state index in [0.29, 0.717) is 11.5 Å². The zero-order valence-corrected chi connectivity index (χ0v) is 16.0. The van der Waals surface area contributed by atoms with E-state index in [1.165, 1.54) is 26.4 Å². The number of ether oxygens (including phenoxy) is 2. The van der Waals surface area contributed by atoms with Crippen molar-refractivity contribution in [1.82, 2.24) is 0 Å². The SMILES string of the molecule is COc1ccccc1C(=O)OOC(OOC(=O)c1ccccc1OC)C(C)C. The molecular formula is C20H22O8. The molecule has 0 fully saturated rings. The average molecular weight is 390 g/mol. The Hall–Kier alpha value is -3.10. The molecule has 2 rings (SSSR count). The van der Waals surface area contributed by atoms with Gasteiger partial charge in [0.2, 0.25) is 6.29 Å². The van der Waals surface area contributed by atoms with Gasteiger partial charge in [-0.2, -0.15) is 0 Å². The van der Waals surface area contributed by atoms with Gasteiger partial charge in [-0.3, -0.25) is 9.78 Å². The number of para-hydroxylation sites is 2. The van der Waals surface area contributed by atoms with Gasteiger partial charge in [0, 0.05) is 5.92 Å². The van der Waals surface area contributed by atoms with Crippen LogP contribution >= 0.6 is 0 Å². The smallest absolute Gasteiger partial charge is 0.376 e. The van der Waals surface area contributed by atoms with Crippen LogP contribution < -0.4 is 9.47 Å². The number of methoxy groups -OCH3 is 2. The Morgan fingerprint density at radius 2 is 1.11 bits per heavy atom. The zero-order chi connectivity index (χ0) is 20.5. The standard InChI is InChI=1S/C20H22O8/c1-13(2)20(27-25-18(21)14-9-5-7-11-16(14)23-3)28-26-19(22)15-10-6-8-12-17(15)24-4/h5-13,20H,1-4H3. The molecule has 150 valence electrons. The summed E-state index contributed by atoms with van der Waals surface area (Å²) in [5.74, 6) is -1.18. The number of rotatable bonds is 9. The van der Waals surface area contributed by atoms with Crippen LogP contribution in [0.2, 0.25) is 0 Å². The topological polar surface area (TPSA) is 89.5 Å². The van der Waals surface area contributed by atoms with Gasteiger partial charge in [-0.05, 0) is 24.3 Å². The van der Waals surface area contributed by atoms with Crippen LogP contribution in [0.3, 0.4) is 0 Å². The summed E-state index contributed by atoms with van der Waals surface area (Å²) in [4.78, 5) is 44.1. The molecule has 0 aliphatic heterocycles. The lowest BCUT2D eigenvalue weighted by Gasteiger charge is -2.18. The van der Waals surface area contributed by atoms with Crippen LogP contribution in [-0.4, -0.2) is 32.4 Å². The van der Waals surface area contributed by atoms with E-state index < -0.39 is 18.2 Å². The van der Waals surface area contributed by atoms with Crippen molar-refractivity contribution in [3.05, 3.63) is 59.7 Å². The fraction of sp³-hybridized carbons (Fsp3) is 0.300. The molecule has 0 heterocycles. The van der Waals surface area contributed by atoms with Crippen LogP contribution in [0.5, 0.6) is 11.5 Å². The van der Waals surface area contributed by atoms with Crippen molar-refractivity contribution in [3.8, 4) is 11.5 Å². The summed E-state index contributed by atoms with van der Waals surface area (Å²) < 4.78 is 10.2. The van der Waals surface area contributed by atoms with E-state index in [0.717, 1.165) is 0 Å². The van der Waals surface area contributed by atoms with Gasteiger partial charge < -0.3 is 9.47 Å². The average Bonchev–Trinajstić information content (AvgIpc) is 2.72. The Balaban J connectivity index is 1.96. The van der Waals surface area contributed by atoms with Crippen LogP contribution in [0.1, 0.15) is 34.6 Å². The fourth-order valence-electron chi connectivity index (χ4n) is 2.14. The lowest BCUT2D eigenvalue weighted by atomic mass is 10.2. The minimum Gasteiger partial charge on any atom is -0.496 e. The quantitative estimate of drug-likeness (QED) is 0.365. The first-order valence-corrected chi connectivity index (χ1v) is 8.49. The lowest BCUT2D eigenvalue weighted by molar-refractivity contribution is -0.430. The van der Waals surface area contributed by atoms with Crippen molar-refractivity contribution in [2.45, 2.75) is 20.1 Å². The maximum absolute atomic E-state index is 12.2. The molecule has 0 aliphatic rings. The summed E-state index contributed by atoms with van der Waals surface area (Å²) in [5.41, 5.74) is 0.358. The Bertz CT molecular complexity index is 739. The molecule has 8 heteroatoms. The van der Waals surface area contributed by atoms with Gasteiger partial charge in [-0.25, -0.2) is 9.59 Å². The van der Waals surface area contributed by atoms with E-state index in [2.05, 4.69) is 0 Å². The van der Waals surface area contributed by atoms with Crippen molar-refractivity contribution >= 4 is 11.9 Å². The highest BCUT2D eigenvalue weighted by Gasteiger charge is 2.24. The molecule has 0 saturated carbocycles. The Labute approximate surface area is 162 Å². The van der Waals surface area contributed by atoms with Crippen molar-refractivity contribution in [3.63, 3.8) is 0 Å². The third kappa shape index (κ3) is 5.45. The normalized spacial score (nSPS) is 10.6. The highest BCUT2D eigenvalue weighted by Crippen LogP contribution is 2.21. The van der Waals surface area contributed by atoms with E-state index >= 15 is 0 Å². The Morgan fingerprint density at radius 1 is 0.714 bits per heavy atom. The molecule has 0 atom stereocenters. The molecule has 0 unspecified atom stereocenters. The summed E-state index contributed by atoms with van der Waals surface area (Å²) in [6.07, 6.45) is -1.14. The second-order valence-electron chi connectivity index (χ2n) is 5.95. The molecule has 0 bridgehead atoms. The third-order valence-corrected chi connectivity index (χ3v) is 3.64. The van der Waals surface area contributed by atoms with Crippen LogP contribution in [0, 0.1) is 5.92 Å². The van der Waals surface area contributed by atoms with Crippen molar-refractivity contribution in [2.24, 2.45) is 5.92 Å². The van der Waals surface area contributed by atoms with Gasteiger partial charge in [0.15, 0.2) is 0 Å². The third-order valence-electron chi connectivity index (χ3n) is 3.64. The second kappa shape index (κ2) is 10.3. The molecule has 2 aromatic rings. The van der Waals surface area contributed by atoms with Crippen LogP contribution in [0.25, 0.3) is 0 Å². The monoisotopic (exact) mass is 390 g/mol. The number of hydrogen-bond donors (Lipinski definition) is 0. The first-order chi connectivity index (χ1) is 13.5. The Kier molecular flexibility index (Phi) is 7.79. The van der Waals surface area contributed by atoms with Gasteiger partial charge in [0.25, 0.3) is 0 Å². The minimum atomic E-state index is -1.14. The van der Waals surface area contributed by atoms with E-state index in [9.17, 15) is 9.59 Å². The molecule has 2 aromatic carbocycles. The largest absolute Gasteiger partial charge is 0.496 e. The van der Waals surface area contributed by atoms with Gasteiger partial charge in [0.05, 0.1) is 14.2 Å². The van der Waals surface area contributed by atoms with Crippen molar-refractivity contribution in [2.75, 3.05) is 14.2 Å². The molecule has 0 radical (unpaired) electrons. The number of benzene rings is 2. The highest BCUT2D eigenvalue weighted by atomic mass is 17.3. The van der Waals surface area contributed by atoms with Crippen LogP contribution in [0.4, 0.5) is 0 Å². The summed E-state index contributed by atoms with van der Waals surface area (Å²) in [7, 11) is 2.87. The first kappa shape index (κ1) is 21.2. The molecule has 0 N–H and O–H groups in total. The van der Waals surface area contributed by atoms with E-state index in [-0.39, 0.29) is 17.0 Å². The van der Waals surface area contributed by atoms with Crippen molar-refractivity contribution < 1.29 is 38.6 Å². The van der Waals surface area contributed by atoms with Gasteiger partial charge >= 0.3 is 11.9 Å². The molecule has 0 aliphatic carbocycles. The predicted octanol–water partition coefficient (Wildman–Crippen LogP) is 3.56. The zero-order valence-electron chi connectivity index (χ0n) is 16.0. The molecule has 8 nitrogen and oxygen atoms in total. The molecule has 0 amide bonds. The minimum absolute atomic E-state index is 0.179. The first-order valence-electron chi connectivity index (χ1n) is 8.49. The lowest BCUT2D eigenvalue weighted by Crippen LogP contribution is -2.27. The van der Waals surface area contributed by atoms with Gasteiger partial charge in [0.1, 0.15) is 22.6 Å². The Morgan fingerprint density at radius 3 is 1.46 bits per heavy atom. The number of carbonyl (C=O) groups is 2. The van der Waals surface area contributed by atoms with Gasteiger partial charge in [-0.15, -0.1) is 9.78 Å². The summed E-state index contributed by atoms with van der Waals surface area (Å²) in [6, 6.07) is 13.0. The number of hydrogen-bond acceptors (Lipinski definition) is 8. The van der Waals surface area contributed by atoms with E-state index in [1.54, 1.807) is 50.2 Å². The van der Waals surface area contributed by atoms with Crippen LogP contribution in [-0.2, 0) is 19.6 Å². The highest BCUT2D eigenvalue weighted by molar-refractivity contribution is 5.92. The number of carbonyl (C=O) groups excluding carboxylic acids is 2. The predicted molar refractivity (Wildman–Crippen MR) is 97.6 cm³/mol. The molecular weight excluding hydrogens is 368 g/mol. The molecule has 0 saturated heterocycles. The van der Waals surface area contributed by atoms with Gasteiger partial charge in [-0.1, -0.05) is 38.1 Å².